The predicted molar refractivity (Wildman–Crippen MR) is 61.7 cm³/mol. The highest BCUT2D eigenvalue weighted by Crippen LogP contribution is 1.99. The summed E-state index contributed by atoms with van der Waals surface area (Å²) in [6.45, 7) is 5.95. The monoisotopic (exact) mass is 231 g/mol. The van der Waals surface area contributed by atoms with Crippen molar-refractivity contribution in [3.63, 3.8) is 0 Å². The van der Waals surface area contributed by atoms with Crippen molar-refractivity contribution < 1.29 is 19.0 Å². The van der Waals surface area contributed by atoms with Gasteiger partial charge in [-0.25, -0.2) is 4.89 Å². The molecule has 92 valence electrons. The molecule has 0 saturated heterocycles. The highest BCUT2D eigenvalue weighted by Gasteiger charge is 1.80. The molecule has 0 aliphatic rings. The van der Waals surface area contributed by atoms with Crippen LogP contribution in [0.25, 0.3) is 0 Å². The van der Waals surface area contributed by atoms with Gasteiger partial charge in [0.15, 0.2) is 0 Å². The number of hydrogen-bond donors (Lipinski definition) is 1. The van der Waals surface area contributed by atoms with Crippen molar-refractivity contribution in [3.8, 4) is 0 Å². The van der Waals surface area contributed by atoms with Gasteiger partial charge in [0.2, 0.25) is 0 Å². The summed E-state index contributed by atoms with van der Waals surface area (Å²) in [6.07, 6.45) is 0. The highest BCUT2D eigenvalue weighted by atomic mass is 32.2. The molecule has 0 amide bonds. The van der Waals surface area contributed by atoms with Crippen LogP contribution in [0.3, 0.4) is 0 Å². The van der Waals surface area contributed by atoms with Crippen molar-refractivity contribution in [1.82, 2.24) is 0 Å². The molecular weight excluding hydrogens is 206 g/mol. The summed E-state index contributed by atoms with van der Waals surface area (Å²) in [6, 6.07) is 0. The van der Waals surface area contributed by atoms with Gasteiger partial charge in [-0.15, -0.1) is 4.33 Å². The summed E-state index contributed by atoms with van der Waals surface area (Å²) in [5.41, 5.74) is 4.50. The Kier molecular flexibility index (Phi) is 87.1. The van der Waals surface area contributed by atoms with Crippen LogP contribution in [0.1, 0.15) is 20.8 Å². The first-order chi connectivity index (χ1) is 6.83. The summed E-state index contributed by atoms with van der Waals surface area (Å²) in [5, 5.41) is 4.04. The standard InChI is InChI=1S/C3H8O3S.C2H6O.C2H6.CH5N/c1-3-7-6-5-4-2;1-3-2;2*1-2/h3H2,1-2H3;1-2H3;1-2H3;2H2,1H3. The molecule has 0 rings (SSSR count). The lowest BCUT2D eigenvalue weighted by Crippen LogP contribution is -1.83. The second-order valence-corrected chi connectivity index (χ2v) is 2.07. The Morgan fingerprint density at radius 2 is 1.43 bits per heavy atom. The lowest BCUT2D eigenvalue weighted by molar-refractivity contribution is -0.447. The van der Waals surface area contributed by atoms with Crippen LogP contribution in [0.2, 0.25) is 0 Å². The minimum absolute atomic E-state index is 0.851. The summed E-state index contributed by atoms with van der Waals surface area (Å²) >= 11 is 1.19. The normalized spacial score (nSPS) is 6.86. The van der Waals surface area contributed by atoms with Gasteiger partial charge in [-0.3, -0.25) is 0 Å². The first-order valence-corrected chi connectivity index (χ1v) is 5.21. The van der Waals surface area contributed by atoms with Crippen LogP contribution in [0.4, 0.5) is 0 Å². The SMILES string of the molecule is CC.CCSOOOC.CN.COC. The van der Waals surface area contributed by atoms with Gasteiger partial charge in [-0.05, 0) is 7.05 Å². The molecule has 14 heavy (non-hydrogen) atoms. The van der Waals surface area contributed by atoms with E-state index in [1.807, 2.05) is 20.8 Å². The molecule has 0 aliphatic carbocycles. The zero-order valence-corrected chi connectivity index (χ0v) is 11.1. The van der Waals surface area contributed by atoms with Crippen LogP contribution in [-0.2, 0) is 19.0 Å². The zero-order chi connectivity index (χ0) is 12.2. The topological polar surface area (TPSA) is 62.9 Å². The molecule has 5 nitrogen and oxygen atoms in total. The Morgan fingerprint density at radius 1 is 1.07 bits per heavy atom. The summed E-state index contributed by atoms with van der Waals surface area (Å²) in [5.74, 6) is 0.851. The molecular formula is C8H25NO4S. The fourth-order valence-corrected chi connectivity index (χ4v) is 0.287. The van der Waals surface area contributed by atoms with Crippen LogP contribution < -0.4 is 5.73 Å². The largest absolute Gasteiger partial charge is 0.388 e. The van der Waals surface area contributed by atoms with Gasteiger partial charge in [0, 0.05) is 32.0 Å². The second-order valence-electron chi connectivity index (χ2n) is 1.12. The van der Waals surface area contributed by atoms with E-state index in [0.717, 1.165) is 5.75 Å². The Hall–Kier alpha value is 0.150. The average molecular weight is 231 g/mol. The Labute approximate surface area is 92.3 Å². The fraction of sp³-hybridized carbons (Fsp3) is 1.00. The molecule has 0 radical (unpaired) electrons. The Bertz CT molecular complexity index is 48.3. The van der Waals surface area contributed by atoms with Crippen molar-refractivity contribution in [3.05, 3.63) is 0 Å². The molecule has 0 aromatic rings. The zero-order valence-electron chi connectivity index (χ0n) is 10.3. The van der Waals surface area contributed by atoms with E-state index in [9.17, 15) is 0 Å². The van der Waals surface area contributed by atoms with Crippen LogP contribution in [0.15, 0.2) is 0 Å². The highest BCUT2D eigenvalue weighted by molar-refractivity contribution is 7.94. The lowest BCUT2D eigenvalue weighted by Gasteiger charge is -1.91. The van der Waals surface area contributed by atoms with Crippen molar-refractivity contribution >= 4 is 12.0 Å². The van der Waals surface area contributed by atoms with Gasteiger partial charge in [0.05, 0.1) is 7.11 Å². The molecule has 0 aliphatic heterocycles. The molecule has 0 heterocycles. The van der Waals surface area contributed by atoms with Gasteiger partial charge in [0.1, 0.15) is 0 Å². The second kappa shape index (κ2) is 51.3. The van der Waals surface area contributed by atoms with Gasteiger partial charge >= 0.3 is 0 Å². The summed E-state index contributed by atoms with van der Waals surface area (Å²) in [4.78, 5) is 4.10. The lowest BCUT2D eigenvalue weighted by atomic mass is 11.0. The van der Waals surface area contributed by atoms with E-state index in [1.165, 1.54) is 26.2 Å². The number of rotatable bonds is 4. The van der Waals surface area contributed by atoms with Crippen molar-refractivity contribution in [2.45, 2.75) is 20.8 Å². The van der Waals surface area contributed by atoms with E-state index in [1.54, 1.807) is 14.2 Å². The molecule has 0 saturated carbocycles. The van der Waals surface area contributed by atoms with E-state index in [-0.39, 0.29) is 0 Å². The van der Waals surface area contributed by atoms with Crippen LogP contribution in [0.5, 0.6) is 0 Å². The summed E-state index contributed by atoms with van der Waals surface area (Å²) in [7, 11) is 6.14. The fourth-order valence-electron chi connectivity index (χ4n) is 0.0955. The van der Waals surface area contributed by atoms with E-state index in [2.05, 4.69) is 24.7 Å². The molecule has 0 unspecified atom stereocenters. The molecule has 0 spiro atoms. The van der Waals surface area contributed by atoms with E-state index >= 15 is 0 Å². The number of hydrogen-bond acceptors (Lipinski definition) is 6. The van der Waals surface area contributed by atoms with E-state index < -0.39 is 0 Å². The van der Waals surface area contributed by atoms with Crippen LogP contribution in [-0.4, -0.2) is 34.1 Å². The van der Waals surface area contributed by atoms with Crippen LogP contribution >= 0.6 is 12.0 Å². The maximum atomic E-state index is 4.50. The van der Waals surface area contributed by atoms with Gasteiger partial charge in [0.25, 0.3) is 0 Å². The Morgan fingerprint density at radius 3 is 1.64 bits per heavy atom. The van der Waals surface area contributed by atoms with Crippen LogP contribution in [0, 0.1) is 0 Å². The number of ether oxygens (including phenoxy) is 1. The van der Waals surface area contributed by atoms with Crippen molar-refractivity contribution in [1.29, 1.82) is 0 Å². The predicted octanol–water partition coefficient (Wildman–Crippen LogP) is 2.03. The molecule has 0 atom stereocenters. The third-order valence-electron chi connectivity index (χ3n) is 0.262. The molecule has 0 bridgehead atoms. The molecule has 2 N–H and O–H groups in total. The smallest absolute Gasteiger partial charge is 0.0744 e. The van der Waals surface area contributed by atoms with Crippen molar-refractivity contribution in [2.24, 2.45) is 5.73 Å². The average Bonchev–Trinajstić information content (AvgIpc) is 2.26. The molecule has 0 aromatic carbocycles. The molecule has 6 heteroatoms. The first-order valence-electron chi connectivity index (χ1n) is 4.30. The quantitative estimate of drug-likeness (QED) is 0.346. The maximum absolute atomic E-state index is 4.50. The molecule has 0 aromatic heterocycles. The van der Waals surface area contributed by atoms with E-state index in [4.69, 9.17) is 0 Å². The van der Waals surface area contributed by atoms with Gasteiger partial charge in [-0.1, -0.05) is 25.8 Å². The first kappa shape index (κ1) is 23.8. The summed E-state index contributed by atoms with van der Waals surface area (Å²) < 4.78 is 8.58. The number of methoxy groups -OCH3 is 1. The third-order valence-corrected chi connectivity index (χ3v) is 0.649. The maximum Gasteiger partial charge on any atom is 0.0744 e. The van der Waals surface area contributed by atoms with Gasteiger partial charge < -0.3 is 10.5 Å². The van der Waals surface area contributed by atoms with Crippen molar-refractivity contribution in [2.75, 3.05) is 34.1 Å². The minimum atomic E-state index is 0.851. The van der Waals surface area contributed by atoms with Gasteiger partial charge in [-0.2, -0.15) is 0 Å². The molecule has 0 fully saturated rings. The Balaban J connectivity index is -0.0000000603. The van der Waals surface area contributed by atoms with E-state index in [0.29, 0.717) is 0 Å². The third kappa shape index (κ3) is 87.7. The number of nitrogens with two attached hydrogens (primary N) is 1. The minimum Gasteiger partial charge on any atom is -0.388 e.